The van der Waals surface area contributed by atoms with E-state index < -0.39 is 10.0 Å². The van der Waals surface area contributed by atoms with E-state index in [2.05, 4.69) is 16.6 Å². The molecule has 0 bridgehead atoms. The minimum absolute atomic E-state index is 0.214. The molecule has 0 aliphatic carbocycles. The summed E-state index contributed by atoms with van der Waals surface area (Å²) in [4.78, 5) is 0. The fourth-order valence-corrected chi connectivity index (χ4v) is 1.09. The Hall–Kier alpha value is -0.390. The van der Waals surface area contributed by atoms with Crippen LogP contribution in [0.4, 0.5) is 0 Å². The lowest BCUT2D eigenvalue weighted by molar-refractivity contribution is 0.576. The van der Waals surface area contributed by atoms with Crippen molar-refractivity contribution in [2.45, 2.75) is 13.0 Å². The molecule has 0 aromatic rings. The summed E-state index contributed by atoms with van der Waals surface area (Å²) in [5, 5.41) is 3.06. The van der Waals surface area contributed by atoms with Gasteiger partial charge in [-0.3, -0.25) is 0 Å². The molecule has 0 aromatic heterocycles. The lowest BCUT2D eigenvalue weighted by Crippen LogP contribution is -2.34. The van der Waals surface area contributed by atoms with Gasteiger partial charge in [0, 0.05) is 19.1 Å². The van der Waals surface area contributed by atoms with Gasteiger partial charge in [0.2, 0.25) is 10.0 Å². The summed E-state index contributed by atoms with van der Waals surface area (Å²) in [6, 6.07) is 0.214. The molecule has 4 nitrogen and oxygen atoms in total. The lowest BCUT2D eigenvalue weighted by atomic mass is 10.3. The minimum Gasteiger partial charge on any atom is -0.310 e. The molecular formula is C7H16N2O2S. The van der Waals surface area contributed by atoms with Gasteiger partial charge in [0.05, 0.1) is 6.26 Å². The summed E-state index contributed by atoms with van der Waals surface area (Å²) in [5.74, 6) is 0. The number of hydrogen-bond acceptors (Lipinski definition) is 3. The largest absolute Gasteiger partial charge is 0.310 e. The molecule has 0 saturated heterocycles. The van der Waals surface area contributed by atoms with Crippen LogP contribution >= 0.6 is 0 Å². The van der Waals surface area contributed by atoms with Crippen molar-refractivity contribution in [3.63, 3.8) is 0 Å². The second kappa shape index (κ2) is 5.29. The summed E-state index contributed by atoms with van der Waals surface area (Å²) in [6.07, 6.45) is 2.91. The lowest BCUT2D eigenvalue weighted by Gasteiger charge is -2.08. The minimum atomic E-state index is -3.04. The van der Waals surface area contributed by atoms with Gasteiger partial charge in [-0.15, -0.1) is 6.58 Å². The van der Waals surface area contributed by atoms with E-state index in [1.54, 1.807) is 6.08 Å². The molecule has 0 aromatic carbocycles. The Bertz CT molecular complexity index is 224. The molecule has 0 aliphatic heterocycles. The highest BCUT2D eigenvalue weighted by molar-refractivity contribution is 7.88. The maximum Gasteiger partial charge on any atom is 0.208 e. The van der Waals surface area contributed by atoms with Gasteiger partial charge in [0.15, 0.2) is 0 Å². The van der Waals surface area contributed by atoms with Gasteiger partial charge in [0.25, 0.3) is 0 Å². The molecule has 0 amide bonds. The van der Waals surface area contributed by atoms with Crippen LogP contribution in [-0.2, 0) is 10.0 Å². The SMILES string of the molecule is C=CC(C)NCCNS(C)(=O)=O. The number of rotatable bonds is 6. The van der Waals surface area contributed by atoms with Crippen molar-refractivity contribution < 1.29 is 8.42 Å². The van der Waals surface area contributed by atoms with Crippen LogP contribution in [0.1, 0.15) is 6.92 Å². The molecule has 0 aliphatic rings. The topological polar surface area (TPSA) is 58.2 Å². The van der Waals surface area contributed by atoms with Crippen molar-refractivity contribution in [1.29, 1.82) is 0 Å². The third-order valence-electron chi connectivity index (χ3n) is 1.31. The van der Waals surface area contributed by atoms with E-state index in [1.807, 2.05) is 6.92 Å². The quantitative estimate of drug-likeness (QED) is 0.449. The van der Waals surface area contributed by atoms with E-state index in [0.717, 1.165) is 6.26 Å². The summed E-state index contributed by atoms with van der Waals surface area (Å²) in [5.41, 5.74) is 0. The highest BCUT2D eigenvalue weighted by Crippen LogP contribution is 1.79. The average molecular weight is 192 g/mol. The zero-order chi connectivity index (χ0) is 9.61. The van der Waals surface area contributed by atoms with Crippen LogP contribution in [0.2, 0.25) is 0 Å². The van der Waals surface area contributed by atoms with Gasteiger partial charge < -0.3 is 5.32 Å². The van der Waals surface area contributed by atoms with Gasteiger partial charge in [-0.2, -0.15) is 0 Å². The van der Waals surface area contributed by atoms with Crippen LogP contribution in [0.5, 0.6) is 0 Å². The highest BCUT2D eigenvalue weighted by Gasteiger charge is 1.99. The predicted octanol–water partition coefficient (Wildman–Crippen LogP) is -0.300. The van der Waals surface area contributed by atoms with Crippen LogP contribution in [0.15, 0.2) is 12.7 Å². The molecule has 72 valence electrons. The molecule has 0 saturated carbocycles. The first-order chi connectivity index (χ1) is 5.45. The molecule has 5 heteroatoms. The molecule has 2 N–H and O–H groups in total. The maximum atomic E-state index is 10.6. The van der Waals surface area contributed by atoms with Gasteiger partial charge in [-0.1, -0.05) is 6.08 Å². The summed E-state index contributed by atoms with van der Waals surface area (Å²) < 4.78 is 23.5. The van der Waals surface area contributed by atoms with Crippen LogP contribution in [0.3, 0.4) is 0 Å². The molecule has 0 spiro atoms. The van der Waals surface area contributed by atoms with Crippen molar-refractivity contribution in [2.75, 3.05) is 19.3 Å². The number of nitrogens with one attached hydrogen (secondary N) is 2. The van der Waals surface area contributed by atoms with E-state index in [0.29, 0.717) is 13.1 Å². The Morgan fingerprint density at radius 1 is 1.50 bits per heavy atom. The average Bonchev–Trinajstić information content (AvgIpc) is 1.96. The Labute approximate surface area is 74.1 Å². The Morgan fingerprint density at radius 3 is 2.50 bits per heavy atom. The molecular weight excluding hydrogens is 176 g/mol. The van der Waals surface area contributed by atoms with Gasteiger partial charge in [0.1, 0.15) is 0 Å². The highest BCUT2D eigenvalue weighted by atomic mass is 32.2. The summed E-state index contributed by atoms with van der Waals surface area (Å²) >= 11 is 0. The monoisotopic (exact) mass is 192 g/mol. The van der Waals surface area contributed by atoms with Crippen molar-refractivity contribution in [1.82, 2.24) is 10.0 Å². The third-order valence-corrected chi connectivity index (χ3v) is 2.04. The fourth-order valence-electron chi connectivity index (χ4n) is 0.620. The van der Waals surface area contributed by atoms with E-state index >= 15 is 0 Å². The van der Waals surface area contributed by atoms with Gasteiger partial charge in [-0.05, 0) is 6.92 Å². The molecule has 1 atom stereocenters. The third kappa shape index (κ3) is 7.71. The second-order valence-electron chi connectivity index (χ2n) is 2.65. The standard InChI is InChI=1S/C7H16N2O2S/c1-4-7(2)8-5-6-9-12(3,10)11/h4,7-9H,1,5-6H2,2-3H3. The molecule has 1 unspecified atom stereocenters. The van der Waals surface area contributed by atoms with Crippen molar-refractivity contribution >= 4 is 10.0 Å². The first-order valence-corrected chi connectivity index (χ1v) is 5.65. The van der Waals surface area contributed by atoms with Gasteiger partial charge >= 0.3 is 0 Å². The Kier molecular flexibility index (Phi) is 5.12. The van der Waals surface area contributed by atoms with E-state index in [4.69, 9.17) is 0 Å². The Morgan fingerprint density at radius 2 is 2.08 bits per heavy atom. The molecule has 0 rings (SSSR count). The first-order valence-electron chi connectivity index (χ1n) is 3.76. The molecule has 0 heterocycles. The zero-order valence-corrected chi connectivity index (χ0v) is 8.32. The summed E-state index contributed by atoms with van der Waals surface area (Å²) in [7, 11) is -3.04. The zero-order valence-electron chi connectivity index (χ0n) is 7.50. The smallest absolute Gasteiger partial charge is 0.208 e. The second-order valence-corrected chi connectivity index (χ2v) is 4.48. The molecule has 12 heavy (non-hydrogen) atoms. The van der Waals surface area contributed by atoms with Crippen molar-refractivity contribution in [2.24, 2.45) is 0 Å². The Balaban J connectivity index is 3.40. The van der Waals surface area contributed by atoms with E-state index in [9.17, 15) is 8.42 Å². The maximum absolute atomic E-state index is 10.6. The van der Waals surface area contributed by atoms with Crippen LogP contribution in [0, 0.1) is 0 Å². The number of sulfonamides is 1. The van der Waals surface area contributed by atoms with Crippen LogP contribution in [0.25, 0.3) is 0 Å². The van der Waals surface area contributed by atoms with Crippen molar-refractivity contribution in [3.8, 4) is 0 Å². The van der Waals surface area contributed by atoms with Crippen LogP contribution < -0.4 is 10.0 Å². The van der Waals surface area contributed by atoms with E-state index in [1.165, 1.54) is 0 Å². The van der Waals surface area contributed by atoms with Crippen molar-refractivity contribution in [3.05, 3.63) is 12.7 Å². The first kappa shape index (κ1) is 11.6. The van der Waals surface area contributed by atoms with Crippen LogP contribution in [-0.4, -0.2) is 33.8 Å². The van der Waals surface area contributed by atoms with Gasteiger partial charge in [-0.25, -0.2) is 13.1 Å². The number of hydrogen-bond donors (Lipinski definition) is 2. The molecule has 0 radical (unpaired) electrons. The van der Waals surface area contributed by atoms with E-state index in [-0.39, 0.29) is 6.04 Å². The fraction of sp³-hybridized carbons (Fsp3) is 0.714. The predicted molar refractivity (Wildman–Crippen MR) is 50.5 cm³/mol. The molecule has 0 fully saturated rings. The summed E-state index contributed by atoms with van der Waals surface area (Å²) in [6.45, 7) is 6.56. The normalized spacial score (nSPS) is 14.2.